The van der Waals surface area contributed by atoms with E-state index in [4.69, 9.17) is 19.9 Å². The number of nitrogens with zero attached hydrogens (tertiary/aromatic N) is 1. The van der Waals surface area contributed by atoms with Gasteiger partial charge in [-0.15, -0.1) is 0 Å². The molecule has 6 heteroatoms. The van der Waals surface area contributed by atoms with Gasteiger partial charge in [0, 0.05) is 32.1 Å². The number of anilines is 1. The highest BCUT2D eigenvalue weighted by Crippen LogP contribution is 1.93. The van der Waals surface area contributed by atoms with Crippen LogP contribution in [-0.2, 0) is 20.8 Å². The van der Waals surface area contributed by atoms with Gasteiger partial charge in [0.2, 0.25) is 5.43 Å². The van der Waals surface area contributed by atoms with Gasteiger partial charge in [-0.1, -0.05) is 0 Å². The lowest BCUT2D eigenvalue weighted by atomic mass is 10.4. The van der Waals surface area contributed by atoms with Crippen molar-refractivity contribution in [2.75, 3.05) is 45.9 Å². The van der Waals surface area contributed by atoms with E-state index < -0.39 is 0 Å². The fourth-order valence-corrected chi connectivity index (χ4v) is 1.32. The minimum absolute atomic E-state index is 0.154. The molecule has 18 heavy (non-hydrogen) atoms. The van der Waals surface area contributed by atoms with Crippen LogP contribution in [0.3, 0.4) is 0 Å². The minimum Gasteiger partial charge on any atom is -0.394 e. The predicted octanol–water partition coefficient (Wildman–Crippen LogP) is 0.110. The lowest BCUT2D eigenvalue weighted by molar-refractivity contribution is 0.0230. The molecule has 2 N–H and O–H groups in total. The van der Waals surface area contributed by atoms with Gasteiger partial charge in [-0.3, -0.25) is 4.79 Å². The van der Waals surface area contributed by atoms with Crippen LogP contribution in [0.15, 0.2) is 23.3 Å². The van der Waals surface area contributed by atoms with E-state index in [9.17, 15) is 4.79 Å². The second-order valence-electron chi connectivity index (χ2n) is 3.72. The molecular weight excluding hydrogens is 236 g/mol. The van der Waals surface area contributed by atoms with Crippen LogP contribution in [0, 0.1) is 0 Å². The summed E-state index contributed by atoms with van der Waals surface area (Å²) in [6.07, 6.45) is 3.30. The number of pyridine rings is 1. The Morgan fingerprint density at radius 2 is 1.83 bits per heavy atom. The molecule has 0 radical (unpaired) electrons. The van der Waals surface area contributed by atoms with Crippen molar-refractivity contribution < 1.29 is 14.2 Å². The van der Waals surface area contributed by atoms with Gasteiger partial charge in [0.25, 0.3) is 0 Å². The van der Waals surface area contributed by atoms with E-state index in [1.54, 1.807) is 19.5 Å². The van der Waals surface area contributed by atoms with Crippen LogP contribution in [-0.4, -0.2) is 44.7 Å². The highest BCUT2D eigenvalue weighted by atomic mass is 16.5. The van der Waals surface area contributed by atoms with Crippen LogP contribution in [0.4, 0.5) is 5.69 Å². The first kappa shape index (κ1) is 14.7. The third-order valence-electron chi connectivity index (χ3n) is 2.30. The molecule has 0 fully saturated rings. The van der Waals surface area contributed by atoms with Crippen molar-refractivity contribution in [2.45, 2.75) is 6.54 Å². The predicted molar refractivity (Wildman–Crippen MR) is 68.6 cm³/mol. The van der Waals surface area contributed by atoms with Gasteiger partial charge < -0.3 is 24.5 Å². The maximum Gasteiger partial charge on any atom is 0.204 e. The first-order valence-electron chi connectivity index (χ1n) is 5.84. The molecule has 0 aliphatic heterocycles. The summed E-state index contributed by atoms with van der Waals surface area (Å²) in [5.74, 6) is 0. The minimum atomic E-state index is -0.154. The molecule has 1 aromatic heterocycles. The van der Waals surface area contributed by atoms with Crippen LogP contribution in [0.1, 0.15) is 0 Å². The third-order valence-corrected chi connectivity index (χ3v) is 2.30. The average Bonchev–Trinajstić information content (AvgIpc) is 2.37. The van der Waals surface area contributed by atoms with Crippen LogP contribution in [0.2, 0.25) is 0 Å². The maximum atomic E-state index is 11.1. The van der Waals surface area contributed by atoms with Crippen molar-refractivity contribution >= 4 is 5.69 Å². The Morgan fingerprint density at radius 3 is 2.50 bits per heavy atom. The largest absolute Gasteiger partial charge is 0.394 e. The lowest BCUT2D eigenvalue weighted by Gasteiger charge is -2.08. The molecule has 0 amide bonds. The summed E-state index contributed by atoms with van der Waals surface area (Å²) < 4.78 is 17.3. The summed E-state index contributed by atoms with van der Waals surface area (Å²) >= 11 is 0. The number of methoxy groups -OCH3 is 1. The third kappa shape index (κ3) is 5.81. The molecule has 0 aromatic carbocycles. The zero-order valence-electron chi connectivity index (χ0n) is 10.6. The summed E-state index contributed by atoms with van der Waals surface area (Å²) in [5.41, 5.74) is 5.61. The molecule has 1 aromatic rings. The van der Waals surface area contributed by atoms with E-state index in [0.717, 1.165) is 0 Å². The van der Waals surface area contributed by atoms with Crippen LogP contribution >= 0.6 is 0 Å². The number of hydrogen-bond acceptors (Lipinski definition) is 5. The highest BCUT2D eigenvalue weighted by Gasteiger charge is 1.95. The quantitative estimate of drug-likeness (QED) is 0.635. The van der Waals surface area contributed by atoms with Gasteiger partial charge >= 0.3 is 0 Å². The molecule has 0 spiro atoms. The molecule has 102 valence electrons. The van der Waals surface area contributed by atoms with Gasteiger partial charge in [0.1, 0.15) is 0 Å². The smallest absolute Gasteiger partial charge is 0.204 e. The van der Waals surface area contributed by atoms with Gasteiger partial charge in [0.05, 0.1) is 38.7 Å². The van der Waals surface area contributed by atoms with Gasteiger partial charge in [-0.2, -0.15) is 0 Å². The van der Waals surface area contributed by atoms with Crippen molar-refractivity contribution in [1.82, 2.24) is 4.57 Å². The number of hydrogen-bond donors (Lipinski definition) is 1. The van der Waals surface area contributed by atoms with Gasteiger partial charge in [-0.05, 0) is 0 Å². The summed E-state index contributed by atoms with van der Waals surface area (Å²) in [5, 5.41) is 0. The monoisotopic (exact) mass is 256 g/mol. The number of nitrogens with two attached hydrogens (primary N) is 1. The fourth-order valence-electron chi connectivity index (χ4n) is 1.32. The summed E-state index contributed by atoms with van der Waals surface area (Å²) in [6, 6.07) is 1.45. The molecular formula is C12H20N2O4. The normalized spacial score (nSPS) is 10.7. The Bertz CT molecular complexity index is 392. The molecule has 0 saturated heterocycles. The maximum absolute atomic E-state index is 11.1. The number of rotatable bonds is 9. The lowest BCUT2D eigenvalue weighted by Crippen LogP contribution is -2.14. The van der Waals surface area contributed by atoms with Crippen molar-refractivity contribution in [1.29, 1.82) is 0 Å². The van der Waals surface area contributed by atoms with Crippen LogP contribution in [0.5, 0.6) is 0 Å². The first-order valence-corrected chi connectivity index (χ1v) is 5.84. The van der Waals surface area contributed by atoms with Gasteiger partial charge in [0.15, 0.2) is 0 Å². The summed E-state index contributed by atoms with van der Waals surface area (Å²) in [6.45, 7) is 3.47. The Morgan fingerprint density at radius 1 is 1.17 bits per heavy atom. The molecule has 0 unspecified atom stereocenters. The summed E-state index contributed by atoms with van der Waals surface area (Å²) in [7, 11) is 1.63. The molecule has 1 heterocycles. The van der Waals surface area contributed by atoms with Crippen molar-refractivity contribution in [3.8, 4) is 0 Å². The average molecular weight is 256 g/mol. The Balaban J connectivity index is 2.07. The molecule has 0 aliphatic carbocycles. The topological polar surface area (TPSA) is 75.7 Å². The number of nitrogen functional groups attached to an aromatic ring is 1. The molecule has 1 rings (SSSR count). The first-order chi connectivity index (χ1) is 8.74. The second kappa shape index (κ2) is 8.68. The zero-order valence-corrected chi connectivity index (χ0v) is 10.6. The molecule has 6 nitrogen and oxygen atoms in total. The number of aromatic nitrogens is 1. The van der Waals surface area contributed by atoms with Crippen LogP contribution in [0.25, 0.3) is 0 Å². The summed E-state index contributed by atoms with van der Waals surface area (Å²) in [4.78, 5) is 11.1. The zero-order chi connectivity index (χ0) is 13.2. The SMILES string of the molecule is COCCOCCOCCn1ccc(=O)c(N)c1. The van der Waals surface area contributed by atoms with E-state index >= 15 is 0 Å². The Hall–Kier alpha value is -1.37. The van der Waals surface area contributed by atoms with E-state index in [2.05, 4.69) is 0 Å². The molecule has 0 bridgehead atoms. The van der Waals surface area contributed by atoms with Gasteiger partial charge in [-0.25, -0.2) is 0 Å². The molecule has 0 aliphatic rings. The standard InChI is InChI=1S/C12H20N2O4/c1-16-6-7-18-9-8-17-5-4-14-3-2-12(15)11(13)10-14/h2-3,10H,4-9,13H2,1H3. The van der Waals surface area contributed by atoms with Crippen LogP contribution < -0.4 is 11.2 Å². The molecule has 0 saturated carbocycles. The van der Waals surface area contributed by atoms with E-state index in [-0.39, 0.29) is 11.1 Å². The van der Waals surface area contributed by atoms with E-state index in [0.29, 0.717) is 39.6 Å². The molecule has 0 atom stereocenters. The Kier molecular flexibility index (Phi) is 7.09. The number of ether oxygens (including phenoxy) is 3. The van der Waals surface area contributed by atoms with Crippen molar-refractivity contribution in [3.63, 3.8) is 0 Å². The second-order valence-corrected chi connectivity index (χ2v) is 3.72. The fraction of sp³-hybridized carbons (Fsp3) is 0.583. The van der Waals surface area contributed by atoms with E-state index in [1.807, 2.05) is 4.57 Å². The highest BCUT2D eigenvalue weighted by molar-refractivity contribution is 5.33. The van der Waals surface area contributed by atoms with E-state index in [1.165, 1.54) is 6.07 Å². The Labute approximate surface area is 106 Å². The van der Waals surface area contributed by atoms with Crippen molar-refractivity contribution in [3.05, 3.63) is 28.7 Å². The van der Waals surface area contributed by atoms with Crippen molar-refractivity contribution in [2.24, 2.45) is 0 Å².